The lowest BCUT2D eigenvalue weighted by Crippen LogP contribution is -2.37. The zero-order valence-electron chi connectivity index (χ0n) is 13.7. The Kier molecular flexibility index (Phi) is 4.14. The van der Waals surface area contributed by atoms with E-state index >= 15 is 0 Å². The van der Waals surface area contributed by atoms with Crippen molar-refractivity contribution in [1.82, 2.24) is 4.90 Å². The van der Waals surface area contributed by atoms with Crippen LogP contribution in [0.15, 0.2) is 36.4 Å². The van der Waals surface area contributed by atoms with Gasteiger partial charge < -0.3 is 15.2 Å². The number of carbonyl (C=O) groups excluding carboxylic acids is 3. The third kappa shape index (κ3) is 2.80. The van der Waals surface area contributed by atoms with Crippen LogP contribution in [0.25, 0.3) is 0 Å². The minimum Gasteiger partial charge on any atom is -0.493 e. The van der Waals surface area contributed by atoms with Crippen LogP contribution < -0.4 is 15.2 Å². The molecule has 1 heterocycles. The Morgan fingerprint density at radius 1 is 0.960 bits per heavy atom. The fourth-order valence-electron chi connectivity index (χ4n) is 2.73. The number of nitrogens with zero attached hydrogens (tertiary/aromatic N) is 1. The topological polar surface area (TPSA) is 98.9 Å². The number of imide groups is 3. The molecule has 0 saturated carbocycles. The van der Waals surface area contributed by atoms with E-state index in [4.69, 9.17) is 15.2 Å². The van der Waals surface area contributed by atoms with E-state index in [1.807, 2.05) is 0 Å². The summed E-state index contributed by atoms with van der Waals surface area (Å²) in [7, 11) is 2.99. The van der Waals surface area contributed by atoms with Crippen molar-refractivity contribution in [2.75, 3.05) is 20.0 Å². The van der Waals surface area contributed by atoms with Gasteiger partial charge in [0.2, 0.25) is 5.91 Å². The van der Waals surface area contributed by atoms with Crippen LogP contribution in [-0.2, 0) is 11.2 Å². The molecule has 7 nitrogen and oxygen atoms in total. The van der Waals surface area contributed by atoms with Gasteiger partial charge in [0.15, 0.2) is 11.5 Å². The number of carbonyl (C=O) groups is 3. The molecule has 1 aliphatic heterocycles. The van der Waals surface area contributed by atoms with Crippen LogP contribution >= 0.6 is 0 Å². The van der Waals surface area contributed by atoms with Crippen molar-refractivity contribution >= 4 is 23.4 Å². The monoisotopic (exact) mass is 340 g/mol. The fraction of sp³-hybridized carbons (Fsp3) is 0.167. The lowest BCUT2D eigenvalue weighted by Gasteiger charge is -2.13. The standard InChI is InChI=1S/C18H16N2O5/c1-24-14-6-3-10(7-15(14)25-2)8-16(21)20-17(22)12-5-4-11(19)9-13(12)18(20)23/h3-7,9H,8,19H2,1-2H3. The lowest BCUT2D eigenvalue weighted by molar-refractivity contribution is -0.125. The van der Waals surface area contributed by atoms with Crippen molar-refractivity contribution in [3.05, 3.63) is 53.1 Å². The van der Waals surface area contributed by atoms with Crippen LogP contribution in [0.1, 0.15) is 26.3 Å². The molecule has 0 atom stereocenters. The molecule has 1 aliphatic rings. The summed E-state index contributed by atoms with van der Waals surface area (Å²) in [6, 6.07) is 9.34. The molecule has 2 aromatic carbocycles. The molecule has 3 amide bonds. The number of hydrogen-bond donors (Lipinski definition) is 1. The number of nitrogen functional groups attached to an aromatic ring is 1. The van der Waals surface area contributed by atoms with E-state index in [1.54, 1.807) is 18.2 Å². The van der Waals surface area contributed by atoms with Gasteiger partial charge >= 0.3 is 0 Å². The van der Waals surface area contributed by atoms with Crippen LogP contribution in [-0.4, -0.2) is 36.8 Å². The van der Waals surface area contributed by atoms with Crippen LogP contribution in [0.4, 0.5) is 5.69 Å². The van der Waals surface area contributed by atoms with E-state index in [2.05, 4.69) is 0 Å². The second-order valence-electron chi connectivity index (χ2n) is 5.51. The van der Waals surface area contributed by atoms with Crippen LogP contribution in [0.5, 0.6) is 11.5 Å². The lowest BCUT2D eigenvalue weighted by atomic mass is 10.1. The highest BCUT2D eigenvalue weighted by Crippen LogP contribution is 2.29. The van der Waals surface area contributed by atoms with E-state index in [0.717, 1.165) is 0 Å². The van der Waals surface area contributed by atoms with Gasteiger partial charge in [-0.15, -0.1) is 0 Å². The zero-order chi connectivity index (χ0) is 18.1. The molecule has 7 heteroatoms. The molecule has 128 valence electrons. The maximum atomic E-state index is 12.5. The van der Waals surface area contributed by atoms with Gasteiger partial charge in [0, 0.05) is 5.69 Å². The quantitative estimate of drug-likeness (QED) is 0.671. The average Bonchev–Trinajstić information content (AvgIpc) is 2.85. The molecule has 0 saturated heterocycles. The first-order valence-corrected chi connectivity index (χ1v) is 7.48. The number of methoxy groups -OCH3 is 2. The number of rotatable bonds is 4. The molecule has 0 fully saturated rings. The molecule has 25 heavy (non-hydrogen) atoms. The highest BCUT2D eigenvalue weighted by atomic mass is 16.5. The van der Waals surface area contributed by atoms with Crippen LogP contribution in [0, 0.1) is 0 Å². The molecule has 3 rings (SSSR count). The van der Waals surface area contributed by atoms with Gasteiger partial charge in [0.05, 0.1) is 31.8 Å². The summed E-state index contributed by atoms with van der Waals surface area (Å²) < 4.78 is 10.3. The van der Waals surface area contributed by atoms with Gasteiger partial charge in [-0.3, -0.25) is 14.4 Å². The van der Waals surface area contributed by atoms with E-state index in [1.165, 1.54) is 32.4 Å². The first-order chi connectivity index (χ1) is 12.0. The SMILES string of the molecule is COc1ccc(CC(=O)N2C(=O)c3ccc(N)cc3C2=O)cc1OC. The molecule has 0 aromatic heterocycles. The van der Waals surface area contributed by atoms with Crippen LogP contribution in [0.2, 0.25) is 0 Å². The number of anilines is 1. The number of hydrogen-bond acceptors (Lipinski definition) is 6. The first-order valence-electron chi connectivity index (χ1n) is 7.48. The van der Waals surface area contributed by atoms with Crippen LogP contribution in [0.3, 0.4) is 0 Å². The minimum absolute atomic E-state index is 0.124. The minimum atomic E-state index is -0.655. The maximum Gasteiger partial charge on any atom is 0.268 e. The van der Waals surface area contributed by atoms with Crippen molar-refractivity contribution in [3.8, 4) is 11.5 Å². The largest absolute Gasteiger partial charge is 0.493 e. The molecule has 0 aliphatic carbocycles. The summed E-state index contributed by atoms with van der Waals surface area (Å²) in [4.78, 5) is 37.9. The molecular formula is C18H16N2O5. The Balaban J connectivity index is 1.85. The summed E-state index contributed by atoms with van der Waals surface area (Å²) in [6.07, 6.45) is -0.124. The Bertz CT molecular complexity index is 891. The van der Waals surface area contributed by atoms with Crippen molar-refractivity contribution < 1.29 is 23.9 Å². The molecule has 0 radical (unpaired) electrons. The van der Waals surface area contributed by atoms with E-state index < -0.39 is 17.7 Å². The van der Waals surface area contributed by atoms with Gasteiger partial charge in [-0.05, 0) is 35.9 Å². The van der Waals surface area contributed by atoms with Crippen molar-refractivity contribution in [3.63, 3.8) is 0 Å². The normalized spacial score (nSPS) is 13.0. The number of ether oxygens (including phenoxy) is 2. The number of amides is 3. The second kappa shape index (κ2) is 6.27. The highest BCUT2D eigenvalue weighted by molar-refractivity contribution is 6.29. The zero-order valence-corrected chi connectivity index (χ0v) is 13.7. The van der Waals surface area contributed by atoms with Crippen molar-refractivity contribution in [2.45, 2.75) is 6.42 Å². The Hall–Kier alpha value is -3.35. The van der Waals surface area contributed by atoms with Gasteiger partial charge in [-0.2, -0.15) is 0 Å². The maximum absolute atomic E-state index is 12.5. The number of fused-ring (bicyclic) bond motifs is 1. The highest BCUT2D eigenvalue weighted by Gasteiger charge is 2.39. The third-order valence-electron chi connectivity index (χ3n) is 3.96. The Morgan fingerprint density at radius 2 is 1.64 bits per heavy atom. The predicted octanol–water partition coefficient (Wildman–Crippen LogP) is 1.65. The second-order valence-corrected chi connectivity index (χ2v) is 5.51. The fourth-order valence-corrected chi connectivity index (χ4v) is 2.73. The molecule has 0 spiro atoms. The summed E-state index contributed by atoms with van der Waals surface area (Å²) in [6.45, 7) is 0. The smallest absolute Gasteiger partial charge is 0.268 e. The third-order valence-corrected chi connectivity index (χ3v) is 3.96. The Labute approximate surface area is 143 Å². The van der Waals surface area contributed by atoms with Crippen molar-refractivity contribution in [2.24, 2.45) is 0 Å². The average molecular weight is 340 g/mol. The predicted molar refractivity (Wildman–Crippen MR) is 89.6 cm³/mol. The van der Waals surface area contributed by atoms with E-state index in [0.29, 0.717) is 27.6 Å². The first kappa shape index (κ1) is 16.5. The number of benzene rings is 2. The summed E-state index contributed by atoms with van der Waals surface area (Å²) in [5, 5.41) is 0. The molecular weight excluding hydrogens is 324 g/mol. The molecule has 2 N–H and O–H groups in total. The van der Waals surface area contributed by atoms with E-state index in [-0.39, 0.29) is 17.5 Å². The molecule has 2 aromatic rings. The van der Waals surface area contributed by atoms with Gasteiger partial charge in [0.25, 0.3) is 11.8 Å². The molecule has 0 bridgehead atoms. The van der Waals surface area contributed by atoms with E-state index in [9.17, 15) is 14.4 Å². The number of nitrogens with two attached hydrogens (primary N) is 1. The summed E-state index contributed by atoms with van der Waals surface area (Å²) in [5.74, 6) is -0.918. The van der Waals surface area contributed by atoms with Gasteiger partial charge in [-0.1, -0.05) is 6.07 Å². The summed E-state index contributed by atoms with van der Waals surface area (Å²) in [5.41, 5.74) is 6.93. The van der Waals surface area contributed by atoms with Gasteiger partial charge in [-0.25, -0.2) is 4.90 Å². The molecule has 0 unspecified atom stereocenters. The summed E-state index contributed by atoms with van der Waals surface area (Å²) >= 11 is 0. The van der Waals surface area contributed by atoms with Crippen molar-refractivity contribution in [1.29, 1.82) is 0 Å². The Morgan fingerprint density at radius 3 is 2.32 bits per heavy atom. The van der Waals surface area contributed by atoms with Gasteiger partial charge in [0.1, 0.15) is 0 Å².